The largest absolute Gasteiger partial charge is 0.481 e. The first-order valence-corrected chi connectivity index (χ1v) is 9.68. The van der Waals surface area contributed by atoms with E-state index in [1.807, 2.05) is 24.3 Å². The van der Waals surface area contributed by atoms with Gasteiger partial charge in [0.2, 0.25) is 11.8 Å². The van der Waals surface area contributed by atoms with E-state index in [9.17, 15) is 14.4 Å². The molecule has 7 heteroatoms. The van der Waals surface area contributed by atoms with Crippen LogP contribution in [0.2, 0.25) is 0 Å². The fourth-order valence-corrected chi connectivity index (χ4v) is 4.50. The van der Waals surface area contributed by atoms with Gasteiger partial charge in [-0.05, 0) is 24.5 Å². The van der Waals surface area contributed by atoms with Gasteiger partial charge in [0, 0.05) is 36.1 Å². The van der Waals surface area contributed by atoms with Gasteiger partial charge in [-0.2, -0.15) is 11.8 Å². The van der Waals surface area contributed by atoms with Crippen molar-refractivity contribution in [2.75, 3.05) is 23.4 Å². The zero-order valence-corrected chi connectivity index (χ0v) is 14.8. The zero-order chi connectivity index (χ0) is 17.8. The van der Waals surface area contributed by atoms with Gasteiger partial charge in [0.15, 0.2) is 0 Å². The van der Waals surface area contributed by atoms with Gasteiger partial charge in [0.05, 0.1) is 12.5 Å². The third kappa shape index (κ3) is 4.34. The summed E-state index contributed by atoms with van der Waals surface area (Å²) in [7, 11) is 0. The van der Waals surface area contributed by atoms with Crippen LogP contribution in [0.5, 0.6) is 0 Å². The average molecular weight is 362 g/mol. The number of fused-ring (bicyclic) bond motifs is 1. The summed E-state index contributed by atoms with van der Waals surface area (Å²) in [6.45, 7) is 0.584. The summed E-state index contributed by atoms with van der Waals surface area (Å²) >= 11 is 1.68. The van der Waals surface area contributed by atoms with Gasteiger partial charge >= 0.3 is 5.97 Å². The molecule has 1 aromatic rings. The molecule has 0 radical (unpaired) electrons. The van der Waals surface area contributed by atoms with E-state index in [0.717, 1.165) is 17.0 Å². The second-order valence-corrected chi connectivity index (χ2v) is 7.65. The number of nitrogens with one attached hydrogen (secondary N) is 1. The van der Waals surface area contributed by atoms with E-state index in [1.54, 1.807) is 16.7 Å². The van der Waals surface area contributed by atoms with E-state index >= 15 is 0 Å². The summed E-state index contributed by atoms with van der Waals surface area (Å²) in [6, 6.07) is 7.47. The van der Waals surface area contributed by atoms with Gasteiger partial charge in [-0.15, -0.1) is 0 Å². The molecule has 3 rings (SSSR count). The molecule has 1 aromatic carbocycles. The minimum atomic E-state index is -0.881. The number of benzene rings is 1. The van der Waals surface area contributed by atoms with Gasteiger partial charge in [0.1, 0.15) is 0 Å². The number of para-hydroxylation sites is 1. The molecule has 134 valence electrons. The predicted octanol–water partition coefficient (Wildman–Crippen LogP) is 2.00. The number of thioether (sulfide) groups is 1. The summed E-state index contributed by atoms with van der Waals surface area (Å²) in [6.07, 6.45) is 1.39. The Balaban J connectivity index is 1.58. The second kappa shape index (κ2) is 7.91. The molecule has 0 bridgehead atoms. The average Bonchev–Trinajstić information content (AvgIpc) is 2.59. The SMILES string of the molecule is O=C(O)CC1CSCCN1C(=O)CCC1Cc2ccccc2NC1=O. The quantitative estimate of drug-likeness (QED) is 0.837. The highest BCUT2D eigenvalue weighted by Crippen LogP contribution is 2.28. The molecule has 0 aliphatic carbocycles. The van der Waals surface area contributed by atoms with Crippen molar-refractivity contribution in [3.63, 3.8) is 0 Å². The van der Waals surface area contributed by atoms with Gasteiger partial charge in [-0.25, -0.2) is 0 Å². The topological polar surface area (TPSA) is 86.7 Å². The molecular formula is C18H22N2O4S. The number of anilines is 1. The summed E-state index contributed by atoms with van der Waals surface area (Å²) < 4.78 is 0. The van der Waals surface area contributed by atoms with Crippen LogP contribution in [-0.2, 0) is 20.8 Å². The Hall–Kier alpha value is -2.02. The first-order chi connectivity index (χ1) is 12.0. The highest BCUT2D eigenvalue weighted by atomic mass is 32.2. The van der Waals surface area contributed by atoms with Crippen LogP contribution in [0.1, 0.15) is 24.8 Å². The Morgan fingerprint density at radius 2 is 2.12 bits per heavy atom. The highest BCUT2D eigenvalue weighted by molar-refractivity contribution is 7.99. The maximum atomic E-state index is 12.6. The molecule has 0 saturated carbocycles. The van der Waals surface area contributed by atoms with Crippen molar-refractivity contribution in [2.45, 2.75) is 31.7 Å². The van der Waals surface area contributed by atoms with Crippen molar-refractivity contribution < 1.29 is 19.5 Å². The Kier molecular flexibility index (Phi) is 5.63. The molecule has 2 atom stereocenters. The number of hydrogen-bond acceptors (Lipinski definition) is 4. The van der Waals surface area contributed by atoms with Crippen LogP contribution in [0.15, 0.2) is 24.3 Å². The van der Waals surface area contributed by atoms with E-state index in [0.29, 0.717) is 25.1 Å². The van der Waals surface area contributed by atoms with E-state index in [1.165, 1.54) is 0 Å². The lowest BCUT2D eigenvalue weighted by atomic mass is 9.89. The third-order valence-corrected chi connectivity index (χ3v) is 5.87. The first kappa shape index (κ1) is 17.8. The van der Waals surface area contributed by atoms with Crippen LogP contribution in [0.25, 0.3) is 0 Å². The maximum absolute atomic E-state index is 12.6. The monoisotopic (exact) mass is 362 g/mol. The van der Waals surface area contributed by atoms with Gasteiger partial charge in [-0.3, -0.25) is 14.4 Å². The summed E-state index contributed by atoms with van der Waals surface area (Å²) in [5.41, 5.74) is 1.95. The molecule has 2 aliphatic heterocycles. The Morgan fingerprint density at radius 1 is 1.32 bits per heavy atom. The van der Waals surface area contributed by atoms with E-state index in [-0.39, 0.29) is 36.6 Å². The Bertz CT molecular complexity index is 679. The number of aliphatic carboxylic acids is 1. The lowest BCUT2D eigenvalue weighted by molar-refractivity contribution is -0.140. The molecule has 2 unspecified atom stereocenters. The van der Waals surface area contributed by atoms with Crippen molar-refractivity contribution >= 4 is 35.2 Å². The summed E-state index contributed by atoms with van der Waals surface area (Å²) in [5, 5.41) is 11.9. The molecule has 2 amide bonds. The molecule has 0 aromatic heterocycles. The smallest absolute Gasteiger partial charge is 0.305 e. The lowest BCUT2D eigenvalue weighted by Gasteiger charge is -2.35. The van der Waals surface area contributed by atoms with E-state index < -0.39 is 5.97 Å². The van der Waals surface area contributed by atoms with Crippen LogP contribution >= 0.6 is 11.8 Å². The normalized spacial score (nSPS) is 22.9. The van der Waals surface area contributed by atoms with Gasteiger partial charge in [-0.1, -0.05) is 18.2 Å². The van der Waals surface area contributed by atoms with E-state index in [2.05, 4.69) is 5.32 Å². The number of carbonyl (C=O) groups is 3. The van der Waals surface area contributed by atoms with Crippen LogP contribution in [0.4, 0.5) is 5.69 Å². The number of amides is 2. The molecule has 1 fully saturated rings. The van der Waals surface area contributed by atoms with Crippen molar-refractivity contribution in [2.24, 2.45) is 5.92 Å². The molecule has 2 aliphatic rings. The molecule has 0 spiro atoms. The number of nitrogens with zero attached hydrogens (tertiary/aromatic N) is 1. The maximum Gasteiger partial charge on any atom is 0.305 e. The van der Waals surface area contributed by atoms with Crippen molar-refractivity contribution in [1.29, 1.82) is 0 Å². The second-order valence-electron chi connectivity index (χ2n) is 6.50. The van der Waals surface area contributed by atoms with Crippen LogP contribution in [0, 0.1) is 5.92 Å². The number of hydrogen-bond donors (Lipinski definition) is 2. The lowest BCUT2D eigenvalue weighted by Crippen LogP contribution is -2.47. The van der Waals surface area contributed by atoms with Crippen LogP contribution in [0.3, 0.4) is 0 Å². The number of carboxylic acid groups (broad SMARTS) is 1. The molecule has 6 nitrogen and oxygen atoms in total. The fraction of sp³-hybridized carbons (Fsp3) is 0.500. The van der Waals surface area contributed by atoms with Crippen LogP contribution in [-0.4, -0.2) is 51.9 Å². The standard InChI is InChI=1S/C18H22N2O4S/c21-16(20-7-8-25-11-14(20)10-17(22)23)6-5-13-9-12-3-1-2-4-15(12)19-18(13)24/h1-4,13-14H,5-11H2,(H,19,24)(H,22,23). The highest BCUT2D eigenvalue weighted by Gasteiger charge is 2.31. The van der Waals surface area contributed by atoms with Gasteiger partial charge in [0.25, 0.3) is 0 Å². The summed E-state index contributed by atoms with van der Waals surface area (Å²) in [4.78, 5) is 37.5. The fourth-order valence-electron chi connectivity index (χ4n) is 3.44. The minimum Gasteiger partial charge on any atom is -0.481 e. The predicted molar refractivity (Wildman–Crippen MR) is 96.6 cm³/mol. The zero-order valence-electron chi connectivity index (χ0n) is 13.9. The van der Waals surface area contributed by atoms with E-state index in [4.69, 9.17) is 5.11 Å². The third-order valence-electron chi connectivity index (χ3n) is 4.78. The number of carbonyl (C=O) groups excluding carboxylic acids is 2. The molecule has 2 heterocycles. The number of carboxylic acids is 1. The van der Waals surface area contributed by atoms with Gasteiger partial charge < -0.3 is 15.3 Å². The van der Waals surface area contributed by atoms with Crippen molar-refractivity contribution in [3.05, 3.63) is 29.8 Å². The first-order valence-electron chi connectivity index (χ1n) is 8.52. The molecule has 2 N–H and O–H groups in total. The molecule has 1 saturated heterocycles. The Morgan fingerprint density at radius 3 is 2.92 bits per heavy atom. The van der Waals surface area contributed by atoms with Crippen LogP contribution < -0.4 is 5.32 Å². The van der Waals surface area contributed by atoms with Crippen molar-refractivity contribution in [1.82, 2.24) is 4.90 Å². The van der Waals surface area contributed by atoms with Crippen molar-refractivity contribution in [3.8, 4) is 0 Å². The number of rotatable bonds is 5. The minimum absolute atomic E-state index is 0.0178. The summed E-state index contributed by atoms with van der Waals surface area (Å²) in [5.74, 6) is 0.319. The molecular weight excluding hydrogens is 340 g/mol. The Labute approximate surface area is 151 Å². The molecule has 25 heavy (non-hydrogen) atoms.